The Kier molecular flexibility index (Phi) is 8.05. The molecule has 5 heteroatoms. The molecule has 32 heavy (non-hydrogen) atoms. The van der Waals surface area contributed by atoms with Crippen molar-refractivity contribution in [1.82, 2.24) is 0 Å². The Morgan fingerprint density at radius 1 is 1.19 bits per heavy atom. The molecule has 2 amide bonds. The monoisotopic (exact) mass is 452 g/mol. The zero-order valence-electron chi connectivity index (χ0n) is 20.0. The number of carbonyl (C=O) groups excluding carboxylic acids is 2. The Balaban J connectivity index is 1.77. The van der Waals surface area contributed by atoms with Crippen LogP contribution in [-0.2, 0) is 16.0 Å². The molecule has 0 aliphatic carbocycles. The highest BCUT2D eigenvalue weighted by Gasteiger charge is 2.35. The molecule has 1 fully saturated rings. The number of rotatable bonds is 8. The van der Waals surface area contributed by atoms with Crippen LogP contribution in [0.3, 0.4) is 0 Å². The summed E-state index contributed by atoms with van der Waals surface area (Å²) in [6.07, 6.45) is 3.49. The summed E-state index contributed by atoms with van der Waals surface area (Å²) in [4.78, 5) is 27.4. The van der Waals surface area contributed by atoms with E-state index in [4.69, 9.17) is 0 Å². The van der Waals surface area contributed by atoms with E-state index in [1.54, 1.807) is 11.8 Å². The fourth-order valence-electron chi connectivity index (χ4n) is 4.57. The molecule has 3 rings (SSSR count). The average molecular weight is 453 g/mol. The van der Waals surface area contributed by atoms with Crippen molar-refractivity contribution in [2.45, 2.75) is 65.7 Å². The molecule has 0 radical (unpaired) electrons. The van der Waals surface area contributed by atoms with E-state index in [-0.39, 0.29) is 22.6 Å². The minimum atomic E-state index is -0.0860. The molecular formula is C27H36N2O2S. The summed E-state index contributed by atoms with van der Waals surface area (Å²) in [5.74, 6) is 0.964. The molecular weight excluding hydrogens is 416 g/mol. The quantitative estimate of drug-likeness (QED) is 0.478. The summed E-state index contributed by atoms with van der Waals surface area (Å²) in [5, 5.41) is 2.98. The van der Waals surface area contributed by atoms with E-state index >= 15 is 0 Å². The largest absolute Gasteiger partial charge is 0.326 e. The van der Waals surface area contributed by atoms with E-state index < -0.39 is 0 Å². The van der Waals surface area contributed by atoms with E-state index in [2.05, 4.69) is 46.0 Å². The Morgan fingerprint density at radius 2 is 1.94 bits per heavy atom. The first-order chi connectivity index (χ1) is 15.2. The number of hydrogen-bond acceptors (Lipinski definition) is 3. The average Bonchev–Trinajstić information content (AvgIpc) is 3.08. The van der Waals surface area contributed by atoms with Crippen molar-refractivity contribution in [3.05, 3.63) is 59.7 Å². The van der Waals surface area contributed by atoms with Crippen molar-refractivity contribution in [2.24, 2.45) is 11.3 Å². The van der Waals surface area contributed by atoms with Gasteiger partial charge in [-0.05, 0) is 53.5 Å². The molecule has 0 spiro atoms. The normalized spacial score (nSPS) is 17.5. The maximum Gasteiger partial charge on any atom is 0.238 e. The summed E-state index contributed by atoms with van der Waals surface area (Å²) in [5.41, 5.74) is 4.24. The lowest BCUT2D eigenvalue weighted by Gasteiger charge is -2.27. The zero-order valence-corrected chi connectivity index (χ0v) is 20.8. The summed E-state index contributed by atoms with van der Waals surface area (Å²) >= 11 is 1.64. The smallest absolute Gasteiger partial charge is 0.238 e. The lowest BCUT2D eigenvalue weighted by molar-refractivity contribution is -0.117. The van der Waals surface area contributed by atoms with Gasteiger partial charge in [0.25, 0.3) is 0 Å². The van der Waals surface area contributed by atoms with Gasteiger partial charge >= 0.3 is 0 Å². The molecule has 0 saturated carbocycles. The van der Waals surface area contributed by atoms with E-state index in [1.165, 1.54) is 5.56 Å². The van der Waals surface area contributed by atoms with Gasteiger partial charge in [-0.2, -0.15) is 0 Å². The minimum absolute atomic E-state index is 0.0409. The van der Waals surface area contributed by atoms with E-state index in [1.807, 2.05) is 47.4 Å². The van der Waals surface area contributed by atoms with Crippen molar-refractivity contribution in [1.29, 1.82) is 0 Å². The maximum atomic E-state index is 12.8. The second-order valence-corrected chi connectivity index (χ2v) is 11.1. The number of thioether (sulfide) groups is 1. The van der Waals surface area contributed by atoms with Crippen LogP contribution in [0.4, 0.5) is 11.4 Å². The van der Waals surface area contributed by atoms with Crippen LogP contribution in [0.5, 0.6) is 0 Å². The number of para-hydroxylation sites is 1. The van der Waals surface area contributed by atoms with Gasteiger partial charge in [-0.25, -0.2) is 0 Å². The Hall–Kier alpha value is -2.27. The number of aryl methyl sites for hydroxylation is 1. The number of nitrogens with zero attached hydrogens (tertiary/aromatic N) is 1. The van der Waals surface area contributed by atoms with Crippen molar-refractivity contribution in [3.63, 3.8) is 0 Å². The SMILES string of the molecule is CCCc1ccccc1N1C(=O)CS[C@H]1c1cccc(NC(=O)C[C@@H](C)CC(C)(C)C)c1. The number of nitrogens with one attached hydrogen (secondary N) is 1. The molecule has 1 N–H and O–H groups in total. The molecule has 2 aromatic rings. The van der Waals surface area contributed by atoms with Gasteiger partial charge in [0.2, 0.25) is 11.8 Å². The topological polar surface area (TPSA) is 49.4 Å². The Bertz CT molecular complexity index is 951. The molecule has 1 aliphatic rings. The molecule has 1 aliphatic heterocycles. The molecule has 1 saturated heterocycles. The van der Waals surface area contributed by atoms with Gasteiger partial charge in [0.1, 0.15) is 5.37 Å². The fourth-order valence-corrected chi connectivity index (χ4v) is 5.73. The van der Waals surface area contributed by atoms with Gasteiger partial charge in [-0.15, -0.1) is 11.8 Å². The van der Waals surface area contributed by atoms with E-state index in [0.717, 1.165) is 36.2 Å². The third-order valence-corrected chi connectivity index (χ3v) is 6.80. The van der Waals surface area contributed by atoms with Gasteiger partial charge in [0.15, 0.2) is 0 Å². The lowest BCUT2D eigenvalue weighted by Crippen LogP contribution is -2.28. The molecule has 2 aromatic carbocycles. The predicted octanol–water partition coefficient (Wildman–Crippen LogP) is 6.82. The number of anilines is 2. The molecule has 0 aromatic heterocycles. The van der Waals surface area contributed by atoms with Crippen LogP contribution in [0, 0.1) is 11.3 Å². The van der Waals surface area contributed by atoms with Crippen LogP contribution < -0.4 is 10.2 Å². The molecule has 0 unspecified atom stereocenters. The number of carbonyl (C=O) groups is 2. The molecule has 1 heterocycles. The fraction of sp³-hybridized carbons (Fsp3) is 0.481. The molecule has 2 atom stereocenters. The highest BCUT2D eigenvalue weighted by molar-refractivity contribution is 8.00. The predicted molar refractivity (Wildman–Crippen MR) is 136 cm³/mol. The third kappa shape index (κ3) is 6.38. The zero-order chi connectivity index (χ0) is 23.3. The highest BCUT2D eigenvalue weighted by Crippen LogP contribution is 2.43. The van der Waals surface area contributed by atoms with Crippen LogP contribution in [0.2, 0.25) is 0 Å². The Morgan fingerprint density at radius 3 is 2.66 bits per heavy atom. The Labute approximate surface area is 197 Å². The molecule has 172 valence electrons. The highest BCUT2D eigenvalue weighted by atomic mass is 32.2. The van der Waals surface area contributed by atoms with Gasteiger partial charge in [-0.1, -0.05) is 71.4 Å². The first kappa shape index (κ1) is 24.4. The summed E-state index contributed by atoms with van der Waals surface area (Å²) in [7, 11) is 0. The number of hydrogen-bond donors (Lipinski definition) is 1. The van der Waals surface area contributed by atoms with Crippen molar-refractivity contribution >= 4 is 35.0 Å². The lowest BCUT2D eigenvalue weighted by atomic mass is 9.84. The van der Waals surface area contributed by atoms with Crippen LogP contribution in [0.1, 0.15) is 70.4 Å². The van der Waals surface area contributed by atoms with Crippen molar-refractivity contribution in [2.75, 3.05) is 16.0 Å². The van der Waals surface area contributed by atoms with Gasteiger partial charge in [0.05, 0.1) is 5.75 Å². The van der Waals surface area contributed by atoms with Gasteiger partial charge in [0, 0.05) is 17.8 Å². The summed E-state index contributed by atoms with van der Waals surface area (Å²) in [6, 6.07) is 16.1. The van der Waals surface area contributed by atoms with Gasteiger partial charge in [-0.3, -0.25) is 14.5 Å². The second-order valence-electron chi connectivity index (χ2n) is 10.1. The number of amides is 2. The molecule has 0 bridgehead atoms. The standard InChI is InChI=1S/C27H36N2O2S/c1-6-10-20-11-7-8-14-23(20)29-25(31)18-32-26(29)21-12-9-13-22(16-21)28-24(30)15-19(2)17-27(3,4)5/h7-9,11-14,16,19,26H,6,10,15,17-18H2,1-5H3,(H,28,30)/t19-,26+/m1/s1. The van der Waals surface area contributed by atoms with Crippen molar-refractivity contribution < 1.29 is 9.59 Å². The number of benzene rings is 2. The minimum Gasteiger partial charge on any atom is -0.326 e. The van der Waals surface area contributed by atoms with E-state index in [9.17, 15) is 9.59 Å². The van der Waals surface area contributed by atoms with E-state index in [0.29, 0.717) is 18.1 Å². The summed E-state index contributed by atoms with van der Waals surface area (Å²) < 4.78 is 0. The van der Waals surface area contributed by atoms with Crippen LogP contribution >= 0.6 is 11.8 Å². The first-order valence-electron chi connectivity index (χ1n) is 11.6. The van der Waals surface area contributed by atoms with Crippen LogP contribution in [0.25, 0.3) is 0 Å². The first-order valence-corrected chi connectivity index (χ1v) is 12.6. The van der Waals surface area contributed by atoms with Gasteiger partial charge < -0.3 is 5.32 Å². The molecule has 4 nitrogen and oxygen atoms in total. The second kappa shape index (κ2) is 10.6. The summed E-state index contributed by atoms with van der Waals surface area (Å²) in [6.45, 7) is 10.9. The van der Waals surface area contributed by atoms with Crippen molar-refractivity contribution in [3.8, 4) is 0 Å². The maximum absolute atomic E-state index is 12.8. The van der Waals surface area contributed by atoms with Crippen LogP contribution in [0.15, 0.2) is 48.5 Å². The van der Waals surface area contributed by atoms with Crippen LogP contribution in [-0.4, -0.2) is 17.6 Å². The third-order valence-electron chi connectivity index (χ3n) is 5.59.